The Morgan fingerprint density at radius 3 is 1.94 bits per heavy atom. The molecule has 0 rings (SSSR count). The van der Waals surface area contributed by atoms with E-state index in [1.165, 1.54) is 0 Å². The van der Waals surface area contributed by atoms with Gasteiger partial charge in [0.2, 0.25) is 0 Å². The molecule has 1 unspecified atom stereocenters. The number of aliphatic hydroxyl groups excluding tert-OH is 2. The molecule has 1 atom stereocenters. The molecule has 4 N–H and O–H groups in total. The normalized spacial score (nSPS) is 10.4. The highest BCUT2D eigenvalue weighted by Gasteiger charge is 2.11. The maximum absolute atomic E-state index is 9.94. The molecule has 0 aliphatic heterocycles. The topological polar surface area (TPSA) is 134 Å². The van der Waals surface area contributed by atoms with E-state index < -0.39 is 18.4 Å². The van der Waals surface area contributed by atoms with Gasteiger partial charge in [-0.15, -0.1) is 0 Å². The second-order valence-corrected chi connectivity index (χ2v) is 2.18. The molecule has 16 heavy (non-hydrogen) atoms. The van der Waals surface area contributed by atoms with Crippen molar-refractivity contribution in [1.82, 2.24) is 0 Å². The summed E-state index contributed by atoms with van der Waals surface area (Å²) >= 11 is 0. The molecule has 0 radical (unpaired) electrons. The molecule has 0 aromatic heterocycles. The minimum Gasteiger partial charge on any atom is -0.450 e. The summed E-state index contributed by atoms with van der Waals surface area (Å²) in [6.45, 7) is 2.60. The average Bonchev–Trinajstić information content (AvgIpc) is 2.23. The molecular weight excluding hydrogens is 224 g/mol. The third-order valence-corrected chi connectivity index (χ3v) is 0.986. The van der Waals surface area contributed by atoms with E-state index >= 15 is 0 Å². The van der Waals surface area contributed by atoms with E-state index in [0.717, 1.165) is 6.08 Å². The Kier molecular flexibility index (Phi) is 11.7. The van der Waals surface area contributed by atoms with Crippen LogP contribution in [0.4, 0.5) is 9.59 Å². The SMILES string of the molecule is C=CC(COC(=O)O)OC(=O)O.OCCO. The summed E-state index contributed by atoms with van der Waals surface area (Å²) in [5.41, 5.74) is 0. The van der Waals surface area contributed by atoms with Crippen LogP contribution < -0.4 is 0 Å². The van der Waals surface area contributed by atoms with E-state index in [1.54, 1.807) is 0 Å². The van der Waals surface area contributed by atoms with E-state index in [9.17, 15) is 9.59 Å². The van der Waals surface area contributed by atoms with Gasteiger partial charge in [0, 0.05) is 0 Å². The molecule has 0 amide bonds. The molecule has 0 bridgehead atoms. The number of ether oxygens (including phenoxy) is 2. The lowest BCUT2D eigenvalue weighted by atomic mass is 10.4. The predicted octanol–water partition coefficient (Wildman–Crippen LogP) is -0.0988. The Morgan fingerprint density at radius 2 is 1.69 bits per heavy atom. The number of hydrogen-bond acceptors (Lipinski definition) is 6. The highest BCUT2D eigenvalue weighted by atomic mass is 16.7. The molecular formula is C8H14O8. The lowest BCUT2D eigenvalue weighted by molar-refractivity contribution is 0.0226. The first-order valence-corrected chi connectivity index (χ1v) is 4.07. The van der Waals surface area contributed by atoms with Crippen LogP contribution in [0, 0.1) is 0 Å². The Bertz CT molecular complexity index is 212. The summed E-state index contributed by atoms with van der Waals surface area (Å²) in [6.07, 6.45) is -2.82. The van der Waals surface area contributed by atoms with Crippen molar-refractivity contribution in [2.45, 2.75) is 6.10 Å². The molecule has 0 spiro atoms. The van der Waals surface area contributed by atoms with Gasteiger partial charge in [-0.3, -0.25) is 0 Å². The lowest BCUT2D eigenvalue weighted by Gasteiger charge is -2.09. The smallest absolute Gasteiger partial charge is 0.450 e. The quantitative estimate of drug-likeness (QED) is 0.385. The van der Waals surface area contributed by atoms with Crippen molar-refractivity contribution in [2.75, 3.05) is 19.8 Å². The van der Waals surface area contributed by atoms with Crippen LogP contribution in [0.1, 0.15) is 0 Å². The molecule has 0 fully saturated rings. The fourth-order valence-electron chi connectivity index (χ4n) is 0.433. The fourth-order valence-corrected chi connectivity index (χ4v) is 0.433. The molecule has 0 heterocycles. The summed E-state index contributed by atoms with van der Waals surface area (Å²) in [7, 11) is 0. The van der Waals surface area contributed by atoms with Crippen molar-refractivity contribution in [2.24, 2.45) is 0 Å². The standard InChI is InChI=1S/C6H8O6.C2H6O2/c1-2-4(12-6(9)10)3-11-5(7)8;3-1-2-4/h2,4H,1,3H2,(H,7,8)(H,9,10);3-4H,1-2H2. The summed E-state index contributed by atoms with van der Waals surface area (Å²) in [5.74, 6) is 0. The van der Waals surface area contributed by atoms with Crippen molar-refractivity contribution in [3.8, 4) is 0 Å². The fraction of sp³-hybridized carbons (Fsp3) is 0.500. The van der Waals surface area contributed by atoms with Gasteiger partial charge in [-0.25, -0.2) is 9.59 Å². The van der Waals surface area contributed by atoms with Gasteiger partial charge in [-0.2, -0.15) is 0 Å². The molecule has 0 saturated carbocycles. The number of carbonyl (C=O) groups is 2. The number of carboxylic acid groups (broad SMARTS) is 2. The van der Waals surface area contributed by atoms with Crippen LogP contribution in [0.15, 0.2) is 12.7 Å². The van der Waals surface area contributed by atoms with Crippen LogP contribution in [0.2, 0.25) is 0 Å². The Hall–Kier alpha value is -1.80. The monoisotopic (exact) mass is 238 g/mol. The average molecular weight is 238 g/mol. The van der Waals surface area contributed by atoms with Crippen molar-refractivity contribution in [3.05, 3.63) is 12.7 Å². The maximum Gasteiger partial charge on any atom is 0.506 e. The zero-order valence-corrected chi connectivity index (χ0v) is 8.40. The summed E-state index contributed by atoms with van der Waals surface area (Å²) in [5, 5.41) is 31.4. The minimum absolute atomic E-state index is 0.125. The number of rotatable bonds is 5. The summed E-state index contributed by atoms with van der Waals surface area (Å²) in [6, 6.07) is 0. The highest BCUT2D eigenvalue weighted by Crippen LogP contribution is 1.95. The number of aliphatic hydroxyl groups is 2. The maximum atomic E-state index is 9.94. The first-order valence-electron chi connectivity index (χ1n) is 4.07. The third kappa shape index (κ3) is 14.7. The van der Waals surface area contributed by atoms with Crippen LogP contribution in [-0.2, 0) is 9.47 Å². The van der Waals surface area contributed by atoms with Crippen molar-refractivity contribution in [3.63, 3.8) is 0 Å². The second-order valence-electron chi connectivity index (χ2n) is 2.18. The van der Waals surface area contributed by atoms with E-state index in [4.69, 9.17) is 20.4 Å². The Morgan fingerprint density at radius 1 is 1.19 bits per heavy atom. The second kappa shape index (κ2) is 11.3. The molecule has 0 aliphatic carbocycles. The van der Waals surface area contributed by atoms with Crippen LogP contribution >= 0.6 is 0 Å². The first kappa shape index (κ1) is 16.6. The summed E-state index contributed by atoms with van der Waals surface area (Å²) in [4.78, 5) is 19.8. The van der Waals surface area contributed by atoms with Gasteiger partial charge in [0.1, 0.15) is 6.61 Å². The van der Waals surface area contributed by atoms with Crippen LogP contribution in [0.5, 0.6) is 0 Å². The predicted molar refractivity (Wildman–Crippen MR) is 51.2 cm³/mol. The van der Waals surface area contributed by atoms with Crippen LogP contribution in [-0.4, -0.2) is 58.7 Å². The molecule has 0 aromatic rings. The molecule has 0 aliphatic rings. The van der Waals surface area contributed by atoms with Gasteiger partial charge >= 0.3 is 12.3 Å². The largest absolute Gasteiger partial charge is 0.506 e. The van der Waals surface area contributed by atoms with Gasteiger partial charge in [-0.1, -0.05) is 6.58 Å². The zero-order valence-electron chi connectivity index (χ0n) is 8.40. The third-order valence-electron chi connectivity index (χ3n) is 0.986. The van der Waals surface area contributed by atoms with Gasteiger partial charge < -0.3 is 29.9 Å². The Balaban J connectivity index is 0. The van der Waals surface area contributed by atoms with Gasteiger partial charge in [0.15, 0.2) is 6.10 Å². The summed E-state index contributed by atoms with van der Waals surface area (Å²) < 4.78 is 8.21. The molecule has 0 aromatic carbocycles. The highest BCUT2D eigenvalue weighted by molar-refractivity contribution is 5.58. The molecule has 8 nitrogen and oxygen atoms in total. The van der Waals surface area contributed by atoms with Gasteiger partial charge in [-0.05, 0) is 6.08 Å². The van der Waals surface area contributed by atoms with Crippen molar-refractivity contribution < 1.29 is 39.5 Å². The zero-order chi connectivity index (χ0) is 13.0. The van der Waals surface area contributed by atoms with E-state index in [1.807, 2.05) is 0 Å². The van der Waals surface area contributed by atoms with Crippen molar-refractivity contribution in [1.29, 1.82) is 0 Å². The molecule has 8 heteroatoms. The van der Waals surface area contributed by atoms with Gasteiger partial charge in [0.05, 0.1) is 13.2 Å². The number of hydrogen-bond donors (Lipinski definition) is 4. The van der Waals surface area contributed by atoms with E-state index in [-0.39, 0.29) is 19.8 Å². The van der Waals surface area contributed by atoms with Crippen molar-refractivity contribution >= 4 is 12.3 Å². The molecule has 0 saturated heterocycles. The van der Waals surface area contributed by atoms with E-state index in [2.05, 4.69) is 16.1 Å². The minimum atomic E-state index is -1.51. The first-order chi connectivity index (χ1) is 7.47. The Labute approximate surface area is 91.3 Å². The lowest BCUT2D eigenvalue weighted by Crippen LogP contribution is -2.21. The van der Waals surface area contributed by atoms with Crippen LogP contribution in [0.3, 0.4) is 0 Å². The molecule has 94 valence electrons. The van der Waals surface area contributed by atoms with Gasteiger partial charge in [0.25, 0.3) is 0 Å². The van der Waals surface area contributed by atoms with Crippen LogP contribution in [0.25, 0.3) is 0 Å². The van der Waals surface area contributed by atoms with E-state index in [0.29, 0.717) is 0 Å².